The predicted molar refractivity (Wildman–Crippen MR) is 77.9 cm³/mol. The third-order valence-corrected chi connectivity index (χ3v) is 7.18. The normalized spacial score (nSPS) is 19.0. The summed E-state index contributed by atoms with van der Waals surface area (Å²) >= 11 is 3.51. The summed E-state index contributed by atoms with van der Waals surface area (Å²) in [5.74, 6) is 0.274. The summed E-state index contributed by atoms with van der Waals surface area (Å²) in [5, 5.41) is 0.783. The highest BCUT2D eigenvalue weighted by Crippen LogP contribution is 2.41. The number of sulfone groups is 1. The van der Waals surface area contributed by atoms with Gasteiger partial charge in [0.15, 0.2) is 9.84 Å². The van der Waals surface area contributed by atoms with Crippen LogP contribution in [0.25, 0.3) is 0 Å². The maximum Gasteiger partial charge on any atom is 0.179 e. The van der Waals surface area contributed by atoms with Gasteiger partial charge in [-0.1, -0.05) is 47.0 Å². The van der Waals surface area contributed by atoms with E-state index in [1.165, 1.54) is 0 Å². The maximum absolute atomic E-state index is 12.6. The van der Waals surface area contributed by atoms with Crippen molar-refractivity contribution in [3.8, 4) is 0 Å². The first kappa shape index (κ1) is 14.1. The summed E-state index contributed by atoms with van der Waals surface area (Å²) in [6.07, 6.45) is 4.33. The summed E-state index contributed by atoms with van der Waals surface area (Å²) < 4.78 is 25.1. The minimum Gasteiger partial charge on any atom is -0.224 e. The molecule has 100 valence electrons. The van der Waals surface area contributed by atoms with Crippen LogP contribution in [0.3, 0.4) is 0 Å². The first-order valence-corrected chi connectivity index (χ1v) is 9.11. The molecule has 0 saturated heterocycles. The molecule has 0 atom stereocenters. The number of benzene rings is 1. The van der Waals surface area contributed by atoms with Gasteiger partial charge < -0.3 is 0 Å². The van der Waals surface area contributed by atoms with Gasteiger partial charge in [0.25, 0.3) is 0 Å². The fourth-order valence-corrected chi connectivity index (χ4v) is 6.05. The van der Waals surface area contributed by atoms with Crippen molar-refractivity contribution >= 4 is 25.8 Å². The lowest BCUT2D eigenvalue weighted by atomic mass is 9.92. The highest BCUT2D eigenvalue weighted by molar-refractivity contribution is 9.09. The molecule has 0 radical (unpaired) electrons. The Morgan fingerprint density at radius 3 is 2.39 bits per heavy atom. The monoisotopic (exact) mass is 330 g/mol. The molecule has 1 saturated carbocycles. The SMILES string of the molecule is Cc1ccccc1S(=O)(=O)CC1(CBr)CCCC1. The van der Waals surface area contributed by atoms with E-state index in [0.717, 1.165) is 36.6 Å². The van der Waals surface area contributed by atoms with Crippen LogP contribution in [-0.2, 0) is 9.84 Å². The molecule has 1 aromatic rings. The number of aryl methyl sites for hydroxylation is 1. The van der Waals surface area contributed by atoms with Crippen molar-refractivity contribution in [3.05, 3.63) is 29.8 Å². The molecule has 18 heavy (non-hydrogen) atoms. The second kappa shape index (κ2) is 5.33. The van der Waals surface area contributed by atoms with E-state index in [2.05, 4.69) is 15.9 Å². The highest BCUT2D eigenvalue weighted by atomic mass is 79.9. The van der Waals surface area contributed by atoms with Crippen LogP contribution in [0.15, 0.2) is 29.2 Å². The van der Waals surface area contributed by atoms with Crippen LogP contribution >= 0.6 is 15.9 Å². The van der Waals surface area contributed by atoms with Crippen LogP contribution < -0.4 is 0 Å². The van der Waals surface area contributed by atoms with Crippen molar-refractivity contribution in [2.24, 2.45) is 5.41 Å². The van der Waals surface area contributed by atoms with E-state index < -0.39 is 9.84 Å². The number of halogens is 1. The van der Waals surface area contributed by atoms with Gasteiger partial charge >= 0.3 is 0 Å². The number of hydrogen-bond donors (Lipinski definition) is 0. The Labute approximate surface area is 118 Å². The Bertz CT molecular complexity index is 516. The minimum atomic E-state index is -3.17. The zero-order valence-electron chi connectivity index (χ0n) is 10.7. The summed E-state index contributed by atoms with van der Waals surface area (Å²) in [7, 11) is -3.17. The molecule has 1 aliphatic rings. The van der Waals surface area contributed by atoms with Gasteiger partial charge in [0.1, 0.15) is 0 Å². The molecule has 0 amide bonds. The summed E-state index contributed by atoms with van der Waals surface area (Å²) in [4.78, 5) is 0.497. The van der Waals surface area contributed by atoms with Crippen LogP contribution in [0.4, 0.5) is 0 Å². The van der Waals surface area contributed by atoms with Gasteiger partial charge in [0, 0.05) is 5.33 Å². The average molecular weight is 331 g/mol. The zero-order valence-corrected chi connectivity index (χ0v) is 13.1. The van der Waals surface area contributed by atoms with Crippen LogP contribution in [-0.4, -0.2) is 19.5 Å². The molecule has 1 aromatic carbocycles. The molecule has 1 aliphatic carbocycles. The minimum absolute atomic E-state index is 0.0544. The van der Waals surface area contributed by atoms with Gasteiger partial charge in [0.05, 0.1) is 10.6 Å². The van der Waals surface area contributed by atoms with E-state index in [9.17, 15) is 8.42 Å². The van der Waals surface area contributed by atoms with Crippen molar-refractivity contribution in [2.75, 3.05) is 11.1 Å². The molecule has 0 heterocycles. The lowest BCUT2D eigenvalue weighted by Crippen LogP contribution is -2.29. The molecule has 4 heteroatoms. The van der Waals surface area contributed by atoms with Crippen molar-refractivity contribution in [1.29, 1.82) is 0 Å². The van der Waals surface area contributed by atoms with Crippen LogP contribution in [0.5, 0.6) is 0 Å². The summed E-state index contributed by atoms with van der Waals surface area (Å²) in [6, 6.07) is 7.27. The zero-order chi connectivity index (χ0) is 13.2. The predicted octanol–water partition coefficient (Wildman–Crippen LogP) is 3.72. The number of rotatable bonds is 4. The average Bonchev–Trinajstić information content (AvgIpc) is 2.78. The first-order chi connectivity index (χ1) is 8.49. The van der Waals surface area contributed by atoms with Gasteiger partial charge in [-0.25, -0.2) is 8.42 Å². The van der Waals surface area contributed by atoms with Crippen LogP contribution in [0.2, 0.25) is 0 Å². The molecule has 0 aliphatic heterocycles. The number of hydrogen-bond acceptors (Lipinski definition) is 2. The molecule has 0 spiro atoms. The molecule has 0 bridgehead atoms. The maximum atomic E-state index is 12.6. The highest BCUT2D eigenvalue weighted by Gasteiger charge is 2.38. The van der Waals surface area contributed by atoms with E-state index in [1.54, 1.807) is 12.1 Å². The largest absolute Gasteiger partial charge is 0.224 e. The van der Waals surface area contributed by atoms with E-state index in [-0.39, 0.29) is 11.2 Å². The van der Waals surface area contributed by atoms with Gasteiger partial charge in [-0.05, 0) is 36.8 Å². The smallest absolute Gasteiger partial charge is 0.179 e. The second-order valence-electron chi connectivity index (χ2n) is 5.37. The van der Waals surface area contributed by atoms with Crippen molar-refractivity contribution < 1.29 is 8.42 Å². The van der Waals surface area contributed by atoms with Crippen LogP contribution in [0.1, 0.15) is 31.2 Å². The van der Waals surface area contributed by atoms with Gasteiger partial charge in [-0.15, -0.1) is 0 Å². The lowest BCUT2D eigenvalue weighted by molar-refractivity contribution is 0.394. The molecule has 0 N–H and O–H groups in total. The topological polar surface area (TPSA) is 34.1 Å². The third-order valence-electron chi connectivity index (χ3n) is 3.87. The third kappa shape index (κ3) is 2.80. The molecule has 1 fully saturated rings. The number of alkyl halides is 1. The van der Waals surface area contributed by atoms with Gasteiger partial charge in [0.2, 0.25) is 0 Å². The molecular formula is C14H19BrO2S. The van der Waals surface area contributed by atoms with Crippen molar-refractivity contribution in [1.82, 2.24) is 0 Å². The quantitative estimate of drug-likeness (QED) is 0.788. The lowest BCUT2D eigenvalue weighted by Gasteiger charge is -2.26. The molecule has 0 aromatic heterocycles. The van der Waals surface area contributed by atoms with Gasteiger partial charge in [-0.3, -0.25) is 0 Å². The van der Waals surface area contributed by atoms with Crippen LogP contribution in [0, 0.1) is 12.3 Å². The van der Waals surface area contributed by atoms with Gasteiger partial charge in [-0.2, -0.15) is 0 Å². The molecule has 2 rings (SSSR count). The molecule has 0 unspecified atom stereocenters. The molecular weight excluding hydrogens is 312 g/mol. The van der Waals surface area contributed by atoms with Crippen molar-refractivity contribution in [2.45, 2.75) is 37.5 Å². The summed E-state index contributed by atoms with van der Waals surface area (Å²) in [5.41, 5.74) is 0.793. The van der Waals surface area contributed by atoms with E-state index in [0.29, 0.717) is 4.90 Å². The second-order valence-corrected chi connectivity index (χ2v) is 7.88. The fraction of sp³-hybridized carbons (Fsp3) is 0.571. The van der Waals surface area contributed by atoms with Crippen molar-refractivity contribution in [3.63, 3.8) is 0 Å². The summed E-state index contributed by atoms with van der Waals surface area (Å²) in [6.45, 7) is 1.86. The van der Waals surface area contributed by atoms with E-state index >= 15 is 0 Å². The van der Waals surface area contributed by atoms with E-state index in [1.807, 2.05) is 19.1 Å². The fourth-order valence-electron chi connectivity index (χ4n) is 2.83. The first-order valence-electron chi connectivity index (χ1n) is 6.33. The standard InChI is InChI=1S/C14H19BrO2S/c1-12-6-2-3-7-13(12)18(16,17)11-14(10-15)8-4-5-9-14/h2-3,6-7H,4-5,8-11H2,1H3. The Kier molecular flexibility index (Phi) is 4.17. The Balaban J connectivity index is 2.30. The Morgan fingerprint density at radius 1 is 1.22 bits per heavy atom. The Hall–Kier alpha value is -0.350. The Morgan fingerprint density at radius 2 is 1.83 bits per heavy atom. The van der Waals surface area contributed by atoms with E-state index in [4.69, 9.17) is 0 Å². The molecule has 2 nitrogen and oxygen atoms in total.